The molecule has 160 valence electrons. The molecule has 0 aliphatic rings. The van der Waals surface area contributed by atoms with E-state index in [1.165, 1.54) is 6.21 Å². The van der Waals surface area contributed by atoms with E-state index in [0.717, 1.165) is 17.0 Å². The number of benzene rings is 2. The van der Waals surface area contributed by atoms with Crippen molar-refractivity contribution in [2.24, 2.45) is 5.10 Å². The first-order valence-electron chi connectivity index (χ1n) is 9.41. The van der Waals surface area contributed by atoms with Crippen molar-refractivity contribution in [3.05, 3.63) is 86.2 Å². The lowest BCUT2D eigenvalue weighted by Crippen LogP contribution is -2.24. The zero-order valence-corrected chi connectivity index (χ0v) is 18.0. The minimum atomic E-state index is -0.431. The molecular weight excluding hydrogens is 420 g/mol. The van der Waals surface area contributed by atoms with Crippen LogP contribution in [0.2, 0.25) is 5.02 Å². The van der Waals surface area contributed by atoms with Gasteiger partial charge in [0, 0.05) is 28.6 Å². The summed E-state index contributed by atoms with van der Waals surface area (Å²) < 4.78 is 7.27. The third-order valence-corrected chi connectivity index (χ3v) is 5.02. The number of amides is 1. The van der Waals surface area contributed by atoms with Crippen LogP contribution < -0.4 is 10.2 Å². The average molecular weight is 441 g/mol. The summed E-state index contributed by atoms with van der Waals surface area (Å²) in [4.78, 5) is 22.8. The second kappa shape index (κ2) is 9.44. The standard InChI is InChI=1S/C22H21ClN4O4/c1-14-8-9-18(11-20(14)27(29)30)26-15(2)10-17(16(26)3)12-24-25-22(28)13-31-21-7-5-4-6-19(21)23/h4-12H,13H2,1-3H3,(H,25,28)/b24-12-. The van der Waals surface area contributed by atoms with Crippen LogP contribution in [-0.4, -0.2) is 28.2 Å². The van der Waals surface area contributed by atoms with Crippen molar-refractivity contribution in [3.8, 4) is 11.4 Å². The van der Waals surface area contributed by atoms with Gasteiger partial charge in [0.15, 0.2) is 6.61 Å². The number of rotatable bonds is 7. The molecule has 0 saturated carbocycles. The van der Waals surface area contributed by atoms with Crippen LogP contribution >= 0.6 is 11.6 Å². The highest BCUT2D eigenvalue weighted by atomic mass is 35.5. The maximum Gasteiger partial charge on any atom is 0.277 e. The number of halogens is 1. The van der Waals surface area contributed by atoms with Crippen molar-refractivity contribution in [1.82, 2.24) is 9.99 Å². The summed E-state index contributed by atoms with van der Waals surface area (Å²) in [5.41, 5.74) is 6.24. The van der Waals surface area contributed by atoms with Crippen LogP contribution in [0.4, 0.5) is 5.69 Å². The van der Waals surface area contributed by atoms with Gasteiger partial charge in [-0.1, -0.05) is 29.8 Å². The van der Waals surface area contributed by atoms with E-state index in [-0.39, 0.29) is 12.3 Å². The molecule has 31 heavy (non-hydrogen) atoms. The number of carbonyl (C=O) groups excluding carboxylic acids is 1. The third-order valence-electron chi connectivity index (χ3n) is 4.71. The summed E-state index contributed by atoms with van der Waals surface area (Å²) in [6.07, 6.45) is 1.52. The fourth-order valence-electron chi connectivity index (χ4n) is 3.16. The number of hydrazone groups is 1. The minimum absolute atomic E-state index is 0.0611. The third kappa shape index (κ3) is 5.10. The molecule has 9 heteroatoms. The molecule has 0 radical (unpaired) electrons. The molecule has 1 aromatic heterocycles. The summed E-state index contributed by atoms with van der Waals surface area (Å²) in [5.74, 6) is -0.0156. The molecule has 0 aliphatic carbocycles. The molecule has 8 nitrogen and oxygen atoms in total. The monoisotopic (exact) mass is 440 g/mol. The van der Waals surface area contributed by atoms with Crippen LogP contribution in [0.3, 0.4) is 0 Å². The topological polar surface area (TPSA) is 98.8 Å². The van der Waals surface area contributed by atoms with Crippen LogP contribution in [0.25, 0.3) is 5.69 Å². The van der Waals surface area contributed by atoms with E-state index in [1.54, 1.807) is 43.3 Å². The van der Waals surface area contributed by atoms with Crippen LogP contribution in [0, 0.1) is 30.9 Å². The van der Waals surface area contributed by atoms with Crippen molar-refractivity contribution >= 4 is 29.4 Å². The van der Waals surface area contributed by atoms with E-state index < -0.39 is 10.8 Å². The predicted octanol–water partition coefficient (Wildman–Crippen LogP) is 4.49. The Labute approximate surface area is 184 Å². The number of hydrogen-bond donors (Lipinski definition) is 1. The average Bonchev–Trinajstić information content (AvgIpc) is 3.01. The number of carbonyl (C=O) groups is 1. The van der Waals surface area contributed by atoms with Crippen LogP contribution in [0.15, 0.2) is 53.6 Å². The number of nitro groups is 1. The molecule has 1 heterocycles. The Bertz CT molecular complexity index is 1170. The van der Waals surface area contributed by atoms with Gasteiger partial charge in [-0.3, -0.25) is 14.9 Å². The first kappa shape index (κ1) is 22.0. The van der Waals surface area contributed by atoms with Crippen LogP contribution in [-0.2, 0) is 4.79 Å². The van der Waals surface area contributed by atoms with Gasteiger partial charge in [0.2, 0.25) is 0 Å². The summed E-state index contributed by atoms with van der Waals surface area (Å²) in [7, 11) is 0. The van der Waals surface area contributed by atoms with Gasteiger partial charge in [0.25, 0.3) is 11.6 Å². The van der Waals surface area contributed by atoms with Crippen LogP contribution in [0.1, 0.15) is 22.5 Å². The molecule has 0 spiro atoms. The molecular formula is C22H21ClN4O4. The zero-order valence-electron chi connectivity index (χ0n) is 17.3. The van der Waals surface area contributed by atoms with E-state index in [2.05, 4.69) is 10.5 Å². The minimum Gasteiger partial charge on any atom is -0.482 e. The molecule has 0 atom stereocenters. The molecule has 0 aliphatic heterocycles. The molecule has 0 bridgehead atoms. The fraction of sp³-hybridized carbons (Fsp3) is 0.182. The Morgan fingerprint density at radius 1 is 1.23 bits per heavy atom. The Hall–Kier alpha value is -3.65. The molecule has 3 rings (SSSR count). The molecule has 1 N–H and O–H groups in total. The molecule has 0 unspecified atom stereocenters. The Kier molecular flexibility index (Phi) is 6.71. The molecule has 3 aromatic rings. The van der Waals surface area contributed by atoms with E-state index >= 15 is 0 Å². The van der Waals surface area contributed by atoms with Gasteiger partial charge >= 0.3 is 0 Å². The summed E-state index contributed by atoms with van der Waals surface area (Å²) in [6.45, 7) is 5.25. The van der Waals surface area contributed by atoms with E-state index in [0.29, 0.717) is 22.0 Å². The van der Waals surface area contributed by atoms with Crippen molar-refractivity contribution in [2.45, 2.75) is 20.8 Å². The second-order valence-corrected chi connectivity index (χ2v) is 7.31. The lowest BCUT2D eigenvalue weighted by Gasteiger charge is -2.10. The number of nitro benzene ring substituents is 1. The zero-order chi connectivity index (χ0) is 22.5. The van der Waals surface area contributed by atoms with Gasteiger partial charge < -0.3 is 9.30 Å². The van der Waals surface area contributed by atoms with Gasteiger partial charge in [0.1, 0.15) is 5.75 Å². The summed E-state index contributed by atoms with van der Waals surface area (Å²) in [5, 5.41) is 15.7. The highest BCUT2D eigenvalue weighted by Crippen LogP contribution is 2.26. The quantitative estimate of drug-likeness (QED) is 0.332. The maximum absolute atomic E-state index is 12.0. The Morgan fingerprint density at radius 3 is 2.68 bits per heavy atom. The first-order valence-corrected chi connectivity index (χ1v) is 9.79. The highest BCUT2D eigenvalue weighted by Gasteiger charge is 2.15. The predicted molar refractivity (Wildman–Crippen MR) is 119 cm³/mol. The Balaban J connectivity index is 1.70. The van der Waals surface area contributed by atoms with E-state index in [4.69, 9.17) is 16.3 Å². The van der Waals surface area contributed by atoms with Crippen molar-refractivity contribution < 1.29 is 14.5 Å². The summed E-state index contributed by atoms with van der Waals surface area (Å²) >= 11 is 5.99. The number of aromatic nitrogens is 1. The van der Waals surface area contributed by atoms with E-state index in [1.807, 2.05) is 30.5 Å². The molecule has 0 saturated heterocycles. The fourth-order valence-corrected chi connectivity index (χ4v) is 3.35. The highest BCUT2D eigenvalue weighted by molar-refractivity contribution is 6.32. The number of nitrogens with zero attached hydrogens (tertiary/aromatic N) is 3. The smallest absolute Gasteiger partial charge is 0.277 e. The number of ether oxygens (including phenoxy) is 1. The number of nitrogens with one attached hydrogen (secondary N) is 1. The van der Waals surface area contributed by atoms with Gasteiger partial charge in [-0.15, -0.1) is 0 Å². The largest absolute Gasteiger partial charge is 0.482 e. The van der Waals surface area contributed by atoms with Crippen molar-refractivity contribution in [3.63, 3.8) is 0 Å². The molecule has 1 amide bonds. The lowest BCUT2D eigenvalue weighted by atomic mass is 10.2. The van der Waals surface area contributed by atoms with Gasteiger partial charge in [-0.25, -0.2) is 5.43 Å². The van der Waals surface area contributed by atoms with E-state index in [9.17, 15) is 14.9 Å². The number of para-hydroxylation sites is 1. The number of aryl methyl sites for hydroxylation is 2. The normalized spacial score (nSPS) is 11.0. The first-order chi connectivity index (χ1) is 14.8. The second-order valence-electron chi connectivity index (χ2n) is 6.90. The Morgan fingerprint density at radius 2 is 1.97 bits per heavy atom. The molecule has 0 fully saturated rings. The van der Waals surface area contributed by atoms with Gasteiger partial charge in [-0.05, 0) is 45.0 Å². The van der Waals surface area contributed by atoms with Crippen LogP contribution in [0.5, 0.6) is 5.75 Å². The van der Waals surface area contributed by atoms with Crippen molar-refractivity contribution in [1.29, 1.82) is 0 Å². The molecule has 2 aromatic carbocycles. The van der Waals surface area contributed by atoms with Gasteiger partial charge in [0.05, 0.1) is 21.8 Å². The SMILES string of the molecule is Cc1ccc(-n2c(C)cc(/C=N\NC(=O)COc3ccccc3Cl)c2C)cc1[N+](=O)[O-]. The van der Waals surface area contributed by atoms with Gasteiger partial charge in [-0.2, -0.15) is 5.10 Å². The number of hydrogen-bond acceptors (Lipinski definition) is 5. The van der Waals surface area contributed by atoms with Crippen molar-refractivity contribution in [2.75, 3.05) is 6.61 Å². The maximum atomic E-state index is 12.0. The summed E-state index contributed by atoms with van der Waals surface area (Å²) in [6, 6.07) is 13.9. The lowest BCUT2D eigenvalue weighted by molar-refractivity contribution is -0.385.